The monoisotopic (exact) mass is 364 g/mol. The van der Waals surface area contributed by atoms with Gasteiger partial charge >= 0.3 is 0 Å². The minimum atomic E-state index is 0.200. The molecule has 2 aliphatic heterocycles. The second kappa shape index (κ2) is 7.65. The van der Waals surface area contributed by atoms with E-state index in [4.69, 9.17) is 0 Å². The van der Waals surface area contributed by atoms with Crippen molar-refractivity contribution < 1.29 is 0 Å². The minimum absolute atomic E-state index is 0.200. The molecule has 0 aromatic carbocycles. The first kappa shape index (κ1) is 19.3. The fourth-order valence-corrected chi connectivity index (χ4v) is 5.63. The van der Waals surface area contributed by atoms with E-state index in [2.05, 4.69) is 72.7 Å². The van der Waals surface area contributed by atoms with Crippen molar-refractivity contribution in [2.75, 3.05) is 39.8 Å². The molecule has 2 N–H and O–H groups in total. The molecule has 0 aliphatic carbocycles. The molecule has 1 aromatic heterocycles. The summed E-state index contributed by atoms with van der Waals surface area (Å²) < 4.78 is 0. The van der Waals surface area contributed by atoms with E-state index in [1.807, 2.05) is 11.3 Å². The Morgan fingerprint density at radius 3 is 2.36 bits per heavy atom. The van der Waals surface area contributed by atoms with Gasteiger partial charge in [-0.2, -0.15) is 0 Å². The first-order chi connectivity index (χ1) is 11.7. The van der Waals surface area contributed by atoms with E-state index in [1.54, 1.807) is 0 Å². The summed E-state index contributed by atoms with van der Waals surface area (Å²) in [6.45, 7) is 15.1. The van der Waals surface area contributed by atoms with Crippen molar-refractivity contribution in [2.24, 2.45) is 0 Å². The van der Waals surface area contributed by atoms with Crippen LogP contribution in [0.1, 0.15) is 51.5 Å². The third-order valence-electron chi connectivity index (χ3n) is 5.64. The van der Waals surface area contributed by atoms with Crippen molar-refractivity contribution in [3.63, 3.8) is 0 Å². The predicted molar refractivity (Wildman–Crippen MR) is 108 cm³/mol. The number of piperazine rings is 1. The number of nitrogens with one attached hydrogen (secondary N) is 2. The second-order valence-electron chi connectivity index (χ2n) is 9.28. The highest BCUT2D eigenvalue weighted by Crippen LogP contribution is 2.30. The van der Waals surface area contributed by atoms with Crippen LogP contribution in [0.4, 0.5) is 0 Å². The highest BCUT2D eigenvalue weighted by molar-refractivity contribution is 7.10. The maximum Gasteiger partial charge on any atom is 0.0567 e. The summed E-state index contributed by atoms with van der Waals surface area (Å²) in [5, 5.41) is 9.95. The van der Waals surface area contributed by atoms with Gasteiger partial charge in [-0.3, -0.25) is 4.90 Å². The number of thiophene rings is 1. The number of piperidine rings is 1. The van der Waals surface area contributed by atoms with Gasteiger partial charge in [0.25, 0.3) is 0 Å². The Morgan fingerprint density at radius 2 is 1.80 bits per heavy atom. The third kappa shape index (κ3) is 5.27. The van der Waals surface area contributed by atoms with Gasteiger partial charge in [0.15, 0.2) is 0 Å². The fourth-order valence-electron chi connectivity index (χ4n) is 4.77. The zero-order valence-electron chi connectivity index (χ0n) is 16.6. The van der Waals surface area contributed by atoms with Crippen molar-refractivity contribution in [2.45, 2.75) is 63.7 Å². The van der Waals surface area contributed by atoms with E-state index in [0.717, 1.165) is 6.54 Å². The van der Waals surface area contributed by atoms with Crippen molar-refractivity contribution in [3.8, 4) is 0 Å². The molecule has 5 heteroatoms. The summed E-state index contributed by atoms with van der Waals surface area (Å²) in [6, 6.07) is 5.60. The molecule has 0 amide bonds. The maximum atomic E-state index is 3.94. The lowest BCUT2D eigenvalue weighted by Gasteiger charge is -2.47. The van der Waals surface area contributed by atoms with Crippen LogP contribution in [0.2, 0.25) is 0 Å². The molecular formula is C20H36N4S. The zero-order valence-corrected chi connectivity index (χ0v) is 17.5. The smallest absolute Gasteiger partial charge is 0.0567 e. The Morgan fingerprint density at radius 1 is 1.16 bits per heavy atom. The number of hydrogen-bond donors (Lipinski definition) is 2. The molecule has 25 heavy (non-hydrogen) atoms. The van der Waals surface area contributed by atoms with Crippen LogP contribution in [0.3, 0.4) is 0 Å². The van der Waals surface area contributed by atoms with Crippen LogP contribution in [-0.2, 0) is 0 Å². The molecule has 1 aromatic rings. The molecule has 3 rings (SSSR count). The van der Waals surface area contributed by atoms with Gasteiger partial charge in [-0.15, -0.1) is 11.3 Å². The Hall–Kier alpha value is -0.460. The van der Waals surface area contributed by atoms with Crippen molar-refractivity contribution in [1.29, 1.82) is 0 Å². The van der Waals surface area contributed by atoms with Gasteiger partial charge in [-0.05, 0) is 59.0 Å². The summed E-state index contributed by atoms with van der Waals surface area (Å²) in [5.74, 6) is 0. The van der Waals surface area contributed by atoms with Gasteiger partial charge in [-0.1, -0.05) is 6.07 Å². The molecule has 0 saturated carbocycles. The fraction of sp³-hybridized carbons (Fsp3) is 0.800. The molecule has 2 aliphatic rings. The van der Waals surface area contributed by atoms with Gasteiger partial charge in [0.1, 0.15) is 0 Å². The Kier molecular flexibility index (Phi) is 5.91. The third-order valence-corrected chi connectivity index (χ3v) is 6.61. The molecule has 0 bridgehead atoms. The summed E-state index contributed by atoms with van der Waals surface area (Å²) in [7, 11) is 2.23. The SMILES string of the molecule is CN1CCN([C@H](CNC2CC(C)(C)NC(C)(C)C2)c2cccs2)CC1. The highest BCUT2D eigenvalue weighted by atomic mass is 32.1. The van der Waals surface area contributed by atoms with Crippen molar-refractivity contribution >= 4 is 11.3 Å². The lowest BCUT2D eigenvalue weighted by atomic mass is 9.79. The zero-order chi connectivity index (χ0) is 18.1. The van der Waals surface area contributed by atoms with Crippen LogP contribution < -0.4 is 10.6 Å². The first-order valence-corrected chi connectivity index (χ1v) is 10.6. The van der Waals surface area contributed by atoms with Crippen molar-refractivity contribution in [1.82, 2.24) is 20.4 Å². The number of hydrogen-bond acceptors (Lipinski definition) is 5. The van der Waals surface area contributed by atoms with E-state index in [9.17, 15) is 0 Å². The topological polar surface area (TPSA) is 30.5 Å². The summed E-state index contributed by atoms with van der Waals surface area (Å²) in [4.78, 5) is 6.62. The van der Waals surface area contributed by atoms with Gasteiger partial charge in [0.05, 0.1) is 6.04 Å². The average molecular weight is 365 g/mol. The average Bonchev–Trinajstić information content (AvgIpc) is 3.00. The van der Waals surface area contributed by atoms with Crippen LogP contribution in [0.25, 0.3) is 0 Å². The molecule has 0 spiro atoms. The largest absolute Gasteiger partial charge is 0.312 e. The molecule has 2 saturated heterocycles. The molecule has 2 fully saturated rings. The van der Waals surface area contributed by atoms with E-state index in [0.29, 0.717) is 12.1 Å². The molecule has 4 nitrogen and oxygen atoms in total. The first-order valence-electron chi connectivity index (χ1n) is 9.73. The normalized spacial score (nSPS) is 26.6. The maximum absolute atomic E-state index is 3.94. The van der Waals surface area contributed by atoms with E-state index >= 15 is 0 Å². The van der Waals surface area contributed by atoms with Crippen LogP contribution in [0, 0.1) is 0 Å². The van der Waals surface area contributed by atoms with E-state index in [1.165, 1.54) is 43.9 Å². The van der Waals surface area contributed by atoms with Crippen LogP contribution in [0.15, 0.2) is 17.5 Å². The summed E-state index contributed by atoms with van der Waals surface area (Å²) in [6.07, 6.45) is 2.38. The van der Waals surface area contributed by atoms with Gasteiger partial charge in [0, 0.05) is 54.7 Å². The van der Waals surface area contributed by atoms with Gasteiger partial charge in [0.2, 0.25) is 0 Å². The number of nitrogens with zero attached hydrogens (tertiary/aromatic N) is 2. The lowest BCUT2D eigenvalue weighted by molar-refractivity contribution is 0.100. The van der Waals surface area contributed by atoms with Crippen molar-refractivity contribution in [3.05, 3.63) is 22.4 Å². The molecule has 142 valence electrons. The quantitative estimate of drug-likeness (QED) is 0.841. The lowest BCUT2D eigenvalue weighted by Crippen LogP contribution is -2.62. The van der Waals surface area contributed by atoms with Gasteiger partial charge in [-0.25, -0.2) is 0 Å². The molecule has 0 radical (unpaired) electrons. The Bertz CT molecular complexity index is 516. The summed E-state index contributed by atoms with van der Waals surface area (Å²) >= 11 is 1.90. The second-order valence-corrected chi connectivity index (χ2v) is 10.3. The predicted octanol–water partition coefficient (Wildman–Crippen LogP) is 2.94. The Labute approximate surface area is 158 Å². The van der Waals surface area contributed by atoms with E-state index in [-0.39, 0.29) is 11.1 Å². The van der Waals surface area contributed by atoms with Crippen LogP contribution in [-0.4, -0.2) is 66.7 Å². The number of likely N-dealkylation sites (N-methyl/N-ethyl adjacent to an activating group) is 1. The number of rotatable bonds is 5. The van der Waals surface area contributed by atoms with Gasteiger partial charge < -0.3 is 15.5 Å². The molecule has 0 unspecified atom stereocenters. The molecule has 1 atom stereocenters. The standard InChI is InChI=1S/C20H36N4S/c1-19(2)13-16(14-20(3,4)22-19)21-15-17(18-7-6-12-25-18)24-10-8-23(5)9-11-24/h6-7,12,16-17,21-22H,8-11,13-15H2,1-5H3/t17-/m1/s1. The molecule has 3 heterocycles. The minimum Gasteiger partial charge on any atom is -0.312 e. The van der Waals surface area contributed by atoms with Crippen LogP contribution in [0.5, 0.6) is 0 Å². The highest BCUT2D eigenvalue weighted by Gasteiger charge is 2.38. The van der Waals surface area contributed by atoms with Crippen LogP contribution >= 0.6 is 11.3 Å². The molecular weight excluding hydrogens is 328 g/mol. The Balaban J connectivity index is 1.65. The summed E-state index contributed by atoms with van der Waals surface area (Å²) in [5.41, 5.74) is 0.400. The van der Waals surface area contributed by atoms with E-state index < -0.39 is 0 Å².